The number of rotatable bonds is 0. The van der Waals surface area contributed by atoms with Crippen LogP contribution in [-0.4, -0.2) is 10.2 Å². The van der Waals surface area contributed by atoms with Gasteiger partial charge >= 0.3 is 0 Å². The first-order chi connectivity index (χ1) is 7.24. The van der Waals surface area contributed by atoms with Crippen LogP contribution in [0, 0.1) is 0 Å². The van der Waals surface area contributed by atoms with Crippen molar-refractivity contribution < 1.29 is 10.2 Å². The Labute approximate surface area is 96.9 Å². The molecule has 1 aromatic carbocycles. The van der Waals surface area contributed by atoms with Crippen LogP contribution >= 0.6 is 0 Å². The molecule has 0 spiro atoms. The predicted molar refractivity (Wildman–Crippen MR) is 65.1 cm³/mol. The number of benzene rings is 1. The van der Waals surface area contributed by atoms with Crippen LogP contribution in [0.15, 0.2) is 12.1 Å². The van der Waals surface area contributed by atoms with Crippen LogP contribution in [0.3, 0.4) is 0 Å². The maximum Gasteiger partial charge on any atom is 0.123 e. The Morgan fingerprint density at radius 2 is 1.50 bits per heavy atom. The Morgan fingerprint density at radius 3 is 2.12 bits per heavy atom. The standard InChI is InChI=1S/C14H20O2/c1-13(2)5-6-14(3,4)12-10(13)7-9(15)8-11(12)16/h7-8,15-16H,5-6H2,1-4H3. The zero-order chi connectivity index (χ0) is 12.1. The predicted octanol–water partition coefficient (Wildman–Crippen LogP) is 3.45. The van der Waals surface area contributed by atoms with Crippen molar-refractivity contribution in [2.75, 3.05) is 0 Å². The fraction of sp³-hybridized carbons (Fsp3) is 0.571. The van der Waals surface area contributed by atoms with E-state index in [0.717, 1.165) is 24.0 Å². The van der Waals surface area contributed by atoms with E-state index in [1.54, 1.807) is 6.07 Å². The van der Waals surface area contributed by atoms with Crippen molar-refractivity contribution in [3.63, 3.8) is 0 Å². The summed E-state index contributed by atoms with van der Waals surface area (Å²) in [5, 5.41) is 19.7. The van der Waals surface area contributed by atoms with Crippen molar-refractivity contribution in [3.05, 3.63) is 23.3 Å². The maximum absolute atomic E-state index is 10.0. The summed E-state index contributed by atoms with van der Waals surface area (Å²) in [6, 6.07) is 3.25. The minimum atomic E-state index is -0.0113. The summed E-state index contributed by atoms with van der Waals surface area (Å²) in [6.45, 7) is 8.63. The zero-order valence-corrected chi connectivity index (χ0v) is 10.5. The molecule has 2 N–H and O–H groups in total. The largest absolute Gasteiger partial charge is 0.508 e. The van der Waals surface area contributed by atoms with Crippen LogP contribution in [0.1, 0.15) is 51.7 Å². The molecular formula is C14H20O2. The van der Waals surface area contributed by atoms with Crippen LogP contribution in [0.25, 0.3) is 0 Å². The average molecular weight is 220 g/mol. The molecule has 0 atom stereocenters. The van der Waals surface area contributed by atoms with Gasteiger partial charge in [0.15, 0.2) is 0 Å². The summed E-state index contributed by atoms with van der Waals surface area (Å²) in [7, 11) is 0. The second kappa shape index (κ2) is 3.16. The third-order valence-electron chi connectivity index (χ3n) is 3.88. The van der Waals surface area contributed by atoms with Gasteiger partial charge in [-0.05, 0) is 35.3 Å². The van der Waals surface area contributed by atoms with Gasteiger partial charge < -0.3 is 10.2 Å². The lowest BCUT2D eigenvalue weighted by molar-refractivity contribution is 0.314. The lowest BCUT2D eigenvalue weighted by atomic mass is 9.63. The highest BCUT2D eigenvalue weighted by Gasteiger charge is 2.39. The number of phenolic OH excluding ortho intramolecular Hbond substituents is 2. The quantitative estimate of drug-likeness (QED) is 0.703. The van der Waals surface area contributed by atoms with E-state index >= 15 is 0 Å². The van der Waals surface area contributed by atoms with E-state index in [2.05, 4.69) is 27.7 Å². The van der Waals surface area contributed by atoms with Crippen molar-refractivity contribution >= 4 is 0 Å². The molecule has 1 aliphatic rings. The summed E-state index contributed by atoms with van der Waals surface area (Å²) >= 11 is 0. The molecule has 0 heterocycles. The first-order valence-corrected chi connectivity index (χ1v) is 5.81. The Balaban J connectivity index is 2.74. The van der Waals surface area contributed by atoms with E-state index in [1.807, 2.05) is 0 Å². The van der Waals surface area contributed by atoms with Crippen LogP contribution in [0.2, 0.25) is 0 Å². The Bertz CT molecular complexity index is 431. The molecule has 2 rings (SSSR count). The average Bonchev–Trinajstić information content (AvgIpc) is 2.11. The van der Waals surface area contributed by atoms with Gasteiger partial charge in [0.2, 0.25) is 0 Å². The highest BCUT2D eigenvalue weighted by Crippen LogP contribution is 2.50. The topological polar surface area (TPSA) is 40.5 Å². The van der Waals surface area contributed by atoms with Crippen molar-refractivity contribution in [3.8, 4) is 11.5 Å². The first kappa shape index (κ1) is 11.3. The van der Waals surface area contributed by atoms with E-state index in [9.17, 15) is 10.2 Å². The van der Waals surface area contributed by atoms with Gasteiger partial charge in [-0.2, -0.15) is 0 Å². The van der Waals surface area contributed by atoms with Gasteiger partial charge in [0, 0.05) is 11.6 Å². The van der Waals surface area contributed by atoms with Gasteiger partial charge in [0.1, 0.15) is 11.5 Å². The lowest BCUT2D eigenvalue weighted by Gasteiger charge is -2.42. The van der Waals surface area contributed by atoms with E-state index in [-0.39, 0.29) is 22.3 Å². The first-order valence-electron chi connectivity index (χ1n) is 5.81. The van der Waals surface area contributed by atoms with Gasteiger partial charge in [-0.3, -0.25) is 0 Å². The lowest BCUT2D eigenvalue weighted by Crippen LogP contribution is -2.33. The SMILES string of the molecule is CC1(C)CCC(C)(C)c2c(O)cc(O)cc21. The number of fused-ring (bicyclic) bond motifs is 1. The molecule has 0 bridgehead atoms. The van der Waals surface area contributed by atoms with Gasteiger partial charge in [-0.25, -0.2) is 0 Å². The fourth-order valence-corrected chi connectivity index (χ4v) is 2.74. The molecular weight excluding hydrogens is 200 g/mol. The Kier molecular flexibility index (Phi) is 2.23. The second-order valence-corrected chi connectivity index (χ2v) is 6.16. The number of aromatic hydroxyl groups is 2. The zero-order valence-electron chi connectivity index (χ0n) is 10.5. The molecule has 0 aromatic heterocycles. The van der Waals surface area contributed by atoms with Crippen LogP contribution in [-0.2, 0) is 10.8 Å². The van der Waals surface area contributed by atoms with Crippen LogP contribution < -0.4 is 0 Å². The molecule has 0 radical (unpaired) electrons. The molecule has 0 fully saturated rings. The normalized spacial score (nSPS) is 21.5. The molecule has 0 aliphatic heterocycles. The highest BCUT2D eigenvalue weighted by atomic mass is 16.3. The summed E-state index contributed by atoms with van der Waals surface area (Å²) in [5.41, 5.74) is 2.10. The third-order valence-corrected chi connectivity index (χ3v) is 3.88. The van der Waals surface area contributed by atoms with Crippen LogP contribution in [0.5, 0.6) is 11.5 Å². The van der Waals surface area contributed by atoms with Gasteiger partial charge in [0.25, 0.3) is 0 Å². The minimum absolute atomic E-state index is 0.0113. The Morgan fingerprint density at radius 1 is 0.938 bits per heavy atom. The molecule has 16 heavy (non-hydrogen) atoms. The second-order valence-electron chi connectivity index (χ2n) is 6.16. The molecule has 1 aromatic rings. The molecule has 0 saturated heterocycles. The van der Waals surface area contributed by atoms with Crippen LogP contribution in [0.4, 0.5) is 0 Å². The molecule has 0 saturated carbocycles. The molecule has 2 nitrogen and oxygen atoms in total. The molecule has 0 unspecified atom stereocenters. The van der Waals surface area contributed by atoms with Crippen molar-refractivity contribution in [2.24, 2.45) is 0 Å². The smallest absolute Gasteiger partial charge is 0.123 e. The molecule has 0 amide bonds. The highest BCUT2D eigenvalue weighted by molar-refractivity contribution is 5.53. The van der Waals surface area contributed by atoms with Crippen molar-refractivity contribution in [1.29, 1.82) is 0 Å². The van der Waals surface area contributed by atoms with E-state index in [1.165, 1.54) is 6.07 Å². The third kappa shape index (κ3) is 1.57. The molecule has 88 valence electrons. The van der Waals surface area contributed by atoms with E-state index < -0.39 is 0 Å². The maximum atomic E-state index is 10.0. The van der Waals surface area contributed by atoms with Gasteiger partial charge in [-0.15, -0.1) is 0 Å². The minimum Gasteiger partial charge on any atom is -0.508 e. The molecule has 2 heteroatoms. The van der Waals surface area contributed by atoms with E-state index in [4.69, 9.17) is 0 Å². The van der Waals surface area contributed by atoms with Gasteiger partial charge in [0.05, 0.1) is 0 Å². The number of hydrogen-bond donors (Lipinski definition) is 2. The summed E-state index contributed by atoms with van der Waals surface area (Å²) in [6.07, 6.45) is 2.14. The Hall–Kier alpha value is -1.18. The van der Waals surface area contributed by atoms with Crippen molar-refractivity contribution in [2.45, 2.75) is 51.4 Å². The summed E-state index contributed by atoms with van der Waals surface area (Å²) in [5.74, 6) is 0.384. The van der Waals surface area contributed by atoms with E-state index in [0.29, 0.717) is 0 Å². The van der Waals surface area contributed by atoms with Gasteiger partial charge in [-0.1, -0.05) is 27.7 Å². The monoisotopic (exact) mass is 220 g/mol. The summed E-state index contributed by atoms with van der Waals surface area (Å²) in [4.78, 5) is 0. The number of hydrogen-bond acceptors (Lipinski definition) is 2. The number of phenols is 2. The van der Waals surface area contributed by atoms with Crippen molar-refractivity contribution in [1.82, 2.24) is 0 Å². The fourth-order valence-electron chi connectivity index (χ4n) is 2.74. The summed E-state index contributed by atoms with van der Waals surface area (Å²) < 4.78 is 0. The molecule has 1 aliphatic carbocycles.